The maximum atomic E-state index is 13.4. The zero-order valence-electron chi connectivity index (χ0n) is 16.6. The van der Waals surface area contributed by atoms with Crippen molar-refractivity contribution in [3.05, 3.63) is 41.9 Å². The van der Waals surface area contributed by atoms with Crippen LogP contribution in [0.1, 0.15) is 23.3 Å². The predicted octanol–water partition coefficient (Wildman–Crippen LogP) is 1.66. The summed E-state index contributed by atoms with van der Waals surface area (Å²) in [6.07, 6.45) is -4.30. The standard InChI is InChI=1S/C20H19F4N5O3/c21-11(7-20(22,23)24)8-26-19(32)15-6-10-5-14(10)29(15)16(30)9-28-13-4-2-1-3-12(13)17(27-28)18(25)31/h1-4,7,10,14-15H,5-6,8-9H2,(H2,25,31)(H,26,32)/b11-7+/t10-,14-,15+/m1/s1. The highest BCUT2D eigenvalue weighted by molar-refractivity contribution is 6.04. The van der Waals surface area contributed by atoms with Crippen LogP contribution in [0.25, 0.3) is 10.9 Å². The summed E-state index contributed by atoms with van der Waals surface area (Å²) in [6, 6.07) is 5.65. The monoisotopic (exact) mass is 453 g/mol. The normalized spacial score (nSPS) is 22.7. The molecular weight excluding hydrogens is 434 g/mol. The summed E-state index contributed by atoms with van der Waals surface area (Å²) in [7, 11) is 0. The number of nitrogens with two attached hydrogens (primary N) is 1. The molecule has 3 atom stereocenters. The van der Waals surface area contributed by atoms with Crippen LogP contribution in [-0.2, 0) is 16.1 Å². The van der Waals surface area contributed by atoms with Gasteiger partial charge >= 0.3 is 6.18 Å². The van der Waals surface area contributed by atoms with Crippen LogP contribution in [0.5, 0.6) is 0 Å². The molecule has 2 heterocycles. The molecule has 1 aliphatic heterocycles. The van der Waals surface area contributed by atoms with Crippen LogP contribution in [0.3, 0.4) is 0 Å². The molecule has 0 unspecified atom stereocenters. The predicted molar refractivity (Wildman–Crippen MR) is 104 cm³/mol. The van der Waals surface area contributed by atoms with Crippen molar-refractivity contribution in [3.63, 3.8) is 0 Å². The fourth-order valence-corrected chi connectivity index (χ4v) is 4.21. The molecule has 1 aromatic heterocycles. The zero-order valence-corrected chi connectivity index (χ0v) is 16.6. The van der Waals surface area contributed by atoms with E-state index in [4.69, 9.17) is 5.73 Å². The van der Waals surface area contributed by atoms with E-state index in [0.717, 1.165) is 0 Å². The Labute approximate surface area is 179 Å². The number of fused-ring (bicyclic) bond motifs is 2. The smallest absolute Gasteiger partial charge is 0.364 e. The van der Waals surface area contributed by atoms with Gasteiger partial charge in [-0.1, -0.05) is 18.2 Å². The van der Waals surface area contributed by atoms with E-state index in [9.17, 15) is 31.9 Å². The highest BCUT2D eigenvalue weighted by Crippen LogP contribution is 2.48. The first-order chi connectivity index (χ1) is 15.0. The number of carbonyl (C=O) groups is 3. The van der Waals surface area contributed by atoms with Gasteiger partial charge in [-0.25, -0.2) is 4.39 Å². The molecular formula is C20H19F4N5O3. The average Bonchev–Trinajstić information content (AvgIpc) is 3.21. The van der Waals surface area contributed by atoms with Crippen molar-refractivity contribution in [1.29, 1.82) is 0 Å². The van der Waals surface area contributed by atoms with Crippen molar-refractivity contribution in [2.24, 2.45) is 11.7 Å². The summed E-state index contributed by atoms with van der Waals surface area (Å²) in [5, 5.41) is 6.74. The van der Waals surface area contributed by atoms with E-state index in [1.165, 1.54) is 9.58 Å². The molecule has 3 amide bonds. The molecule has 8 nitrogen and oxygen atoms in total. The number of benzene rings is 1. The first-order valence-corrected chi connectivity index (χ1v) is 9.83. The molecule has 2 aromatic rings. The van der Waals surface area contributed by atoms with Gasteiger partial charge in [-0.05, 0) is 24.8 Å². The number of rotatable bonds is 6. The summed E-state index contributed by atoms with van der Waals surface area (Å²) in [5.74, 6) is -3.33. The van der Waals surface area contributed by atoms with Gasteiger partial charge in [-0.2, -0.15) is 18.3 Å². The number of alkyl halides is 3. The molecule has 12 heteroatoms. The Kier molecular flexibility index (Phi) is 5.39. The number of para-hydroxylation sites is 1. The Balaban J connectivity index is 1.49. The van der Waals surface area contributed by atoms with Crippen LogP contribution in [0.4, 0.5) is 17.6 Å². The van der Waals surface area contributed by atoms with Crippen molar-refractivity contribution in [1.82, 2.24) is 20.0 Å². The van der Waals surface area contributed by atoms with E-state index in [0.29, 0.717) is 23.7 Å². The molecule has 1 aliphatic carbocycles. The summed E-state index contributed by atoms with van der Waals surface area (Å²) in [6.45, 7) is -1.18. The molecule has 1 aromatic carbocycles. The number of hydrogen-bond donors (Lipinski definition) is 2. The lowest BCUT2D eigenvalue weighted by Gasteiger charge is -2.27. The van der Waals surface area contributed by atoms with Gasteiger partial charge < -0.3 is 16.0 Å². The van der Waals surface area contributed by atoms with E-state index in [1.54, 1.807) is 24.3 Å². The molecule has 1 saturated heterocycles. The molecule has 170 valence electrons. The summed E-state index contributed by atoms with van der Waals surface area (Å²) >= 11 is 0. The minimum atomic E-state index is -4.83. The molecule has 0 spiro atoms. The molecule has 4 rings (SSSR count). The van der Waals surface area contributed by atoms with Crippen LogP contribution < -0.4 is 11.1 Å². The van der Waals surface area contributed by atoms with E-state index in [1.807, 2.05) is 0 Å². The van der Waals surface area contributed by atoms with Crippen LogP contribution in [0.15, 0.2) is 36.2 Å². The number of amides is 3. The van der Waals surface area contributed by atoms with Crippen molar-refractivity contribution >= 4 is 28.6 Å². The molecule has 32 heavy (non-hydrogen) atoms. The number of nitrogens with zero attached hydrogens (tertiary/aromatic N) is 3. The van der Waals surface area contributed by atoms with Gasteiger partial charge in [0.1, 0.15) is 18.4 Å². The second-order valence-electron chi connectivity index (χ2n) is 7.85. The Bertz CT molecular complexity index is 1130. The Morgan fingerprint density at radius 1 is 1.22 bits per heavy atom. The van der Waals surface area contributed by atoms with Gasteiger partial charge in [0.05, 0.1) is 18.1 Å². The van der Waals surface area contributed by atoms with Crippen LogP contribution >= 0.6 is 0 Å². The zero-order chi connectivity index (χ0) is 23.2. The second kappa shape index (κ2) is 7.92. The van der Waals surface area contributed by atoms with Gasteiger partial charge in [0.25, 0.3) is 5.91 Å². The first-order valence-electron chi connectivity index (χ1n) is 9.83. The molecule has 2 aliphatic rings. The fraction of sp³-hybridized carbons (Fsp3) is 0.400. The summed E-state index contributed by atoms with van der Waals surface area (Å²) in [4.78, 5) is 38.6. The number of nitrogens with one attached hydrogen (secondary N) is 1. The third-order valence-electron chi connectivity index (χ3n) is 5.62. The second-order valence-corrected chi connectivity index (χ2v) is 7.85. The lowest BCUT2D eigenvalue weighted by molar-refractivity contribution is -0.140. The number of carbonyl (C=O) groups excluding carboxylic acids is 3. The Morgan fingerprint density at radius 3 is 2.62 bits per heavy atom. The maximum absolute atomic E-state index is 13.4. The van der Waals surface area contributed by atoms with Crippen LogP contribution in [0, 0.1) is 5.92 Å². The molecule has 1 saturated carbocycles. The Hall–Kier alpha value is -3.44. The number of allylic oxidation sites excluding steroid dienone is 1. The minimum Gasteiger partial charge on any atom is -0.364 e. The SMILES string of the molecule is NC(=O)c1nn(CC(=O)N2[C@@H]3C[C@@H]3C[C@H]2C(=O)NC/C(F)=C\C(F)(F)F)c2ccccc12. The average molecular weight is 453 g/mol. The number of halogens is 4. The lowest BCUT2D eigenvalue weighted by Crippen LogP contribution is -2.49. The number of primary amides is 1. The van der Waals surface area contributed by atoms with E-state index < -0.39 is 48.4 Å². The topological polar surface area (TPSA) is 110 Å². The lowest BCUT2D eigenvalue weighted by atomic mass is 10.1. The number of likely N-dealkylation sites (tertiary alicyclic amines) is 1. The molecule has 3 N–H and O–H groups in total. The number of hydrogen-bond acceptors (Lipinski definition) is 4. The van der Waals surface area contributed by atoms with E-state index in [2.05, 4.69) is 10.4 Å². The van der Waals surface area contributed by atoms with Crippen molar-refractivity contribution in [2.75, 3.05) is 6.54 Å². The minimum absolute atomic E-state index is 0.0142. The molecule has 0 bridgehead atoms. The fourth-order valence-electron chi connectivity index (χ4n) is 4.21. The van der Waals surface area contributed by atoms with Gasteiger partial charge in [0, 0.05) is 11.4 Å². The Morgan fingerprint density at radius 2 is 1.94 bits per heavy atom. The number of piperidine rings is 1. The maximum Gasteiger partial charge on any atom is 0.412 e. The summed E-state index contributed by atoms with van der Waals surface area (Å²) < 4.78 is 51.3. The van der Waals surface area contributed by atoms with Crippen LogP contribution in [0.2, 0.25) is 0 Å². The largest absolute Gasteiger partial charge is 0.412 e. The number of aromatic nitrogens is 2. The van der Waals surface area contributed by atoms with E-state index >= 15 is 0 Å². The third kappa shape index (κ3) is 4.30. The van der Waals surface area contributed by atoms with Crippen molar-refractivity contribution < 1.29 is 31.9 Å². The van der Waals surface area contributed by atoms with E-state index in [-0.39, 0.29) is 24.2 Å². The highest BCUT2D eigenvalue weighted by atomic mass is 19.4. The van der Waals surface area contributed by atoms with Gasteiger partial charge in [-0.3, -0.25) is 19.1 Å². The quantitative estimate of drug-likeness (QED) is 0.648. The van der Waals surface area contributed by atoms with Crippen molar-refractivity contribution in [2.45, 2.75) is 37.6 Å². The first kappa shape index (κ1) is 21.8. The highest BCUT2D eigenvalue weighted by Gasteiger charge is 2.56. The van der Waals surface area contributed by atoms with Crippen LogP contribution in [-0.4, -0.2) is 57.2 Å². The van der Waals surface area contributed by atoms with Gasteiger partial charge in [-0.15, -0.1) is 0 Å². The van der Waals surface area contributed by atoms with Crippen molar-refractivity contribution in [3.8, 4) is 0 Å². The summed E-state index contributed by atoms with van der Waals surface area (Å²) in [5.41, 5.74) is 5.89. The van der Waals surface area contributed by atoms with Gasteiger partial charge in [0.15, 0.2) is 5.69 Å². The molecule has 0 radical (unpaired) electrons. The van der Waals surface area contributed by atoms with Gasteiger partial charge in [0.2, 0.25) is 11.8 Å². The third-order valence-corrected chi connectivity index (χ3v) is 5.62. The molecule has 2 fully saturated rings.